The summed E-state index contributed by atoms with van der Waals surface area (Å²) in [5, 5.41) is 3.95. The largest absolute Gasteiger partial charge is 0.489 e. The molecule has 1 unspecified atom stereocenters. The van der Waals surface area contributed by atoms with E-state index in [1.54, 1.807) is 6.92 Å². The number of nitrogens with zero attached hydrogens (tertiary/aromatic N) is 2. The quantitative estimate of drug-likeness (QED) is 0.442. The minimum atomic E-state index is -0.657. The molecular weight excluding hydrogens is 366 g/mol. The second kappa shape index (κ2) is 9.96. The summed E-state index contributed by atoms with van der Waals surface area (Å²) in [7, 11) is 0. The standard InChI is InChI=1S/C23H29N3O3/c1-17-12-14-26(15-13-17)23(27)18(2)29-25-22(24)20-8-10-21(11-9-20)28-16-19-6-4-3-5-7-19/h3-11,17-18H,12-16H2,1-2H3,(H2,24,25). The Morgan fingerprint density at radius 2 is 1.79 bits per heavy atom. The Morgan fingerprint density at radius 3 is 2.45 bits per heavy atom. The molecule has 1 aliphatic heterocycles. The van der Waals surface area contributed by atoms with Crippen LogP contribution in [0.2, 0.25) is 0 Å². The molecule has 154 valence electrons. The number of nitrogens with two attached hydrogens (primary N) is 1. The molecular formula is C23H29N3O3. The molecule has 0 aromatic heterocycles. The number of hydrogen-bond donors (Lipinski definition) is 1. The van der Waals surface area contributed by atoms with Gasteiger partial charge in [-0.05, 0) is 55.5 Å². The van der Waals surface area contributed by atoms with E-state index in [1.165, 1.54) is 0 Å². The molecule has 0 aliphatic carbocycles. The van der Waals surface area contributed by atoms with Crippen LogP contribution in [0.1, 0.15) is 37.8 Å². The highest BCUT2D eigenvalue weighted by Gasteiger charge is 2.25. The lowest BCUT2D eigenvalue weighted by atomic mass is 9.99. The van der Waals surface area contributed by atoms with Crippen molar-refractivity contribution in [2.24, 2.45) is 16.8 Å². The number of carbonyl (C=O) groups is 1. The van der Waals surface area contributed by atoms with Crippen molar-refractivity contribution < 1.29 is 14.4 Å². The summed E-state index contributed by atoms with van der Waals surface area (Å²) in [6.07, 6.45) is 1.40. The van der Waals surface area contributed by atoms with Crippen LogP contribution in [0.15, 0.2) is 59.8 Å². The average Bonchev–Trinajstić information content (AvgIpc) is 2.77. The highest BCUT2D eigenvalue weighted by atomic mass is 16.6. The summed E-state index contributed by atoms with van der Waals surface area (Å²) < 4.78 is 5.77. The van der Waals surface area contributed by atoms with E-state index >= 15 is 0 Å². The van der Waals surface area contributed by atoms with Gasteiger partial charge in [-0.1, -0.05) is 42.4 Å². The highest BCUT2D eigenvalue weighted by molar-refractivity contribution is 5.97. The average molecular weight is 396 g/mol. The van der Waals surface area contributed by atoms with Gasteiger partial charge in [0.1, 0.15) is 12.4 Å². The topological polar surface area (TPSA) is 77.2 Å². The van der Waals surface area contributed by atoms with Crippen LogP contribution >= 0.6 is 0 Å². The number of oxime groups is 1. The van der Waals surface area contributed by atoms with Gasteiger partial charge in [0.15, 0.2) is 5.84 Å². The number of hydrogen-bond acceptors (Lipinski definition) is 4. The molecule has 6 heteroatoms. The van der Waals surface area contributed by atoms with Crippen molar-refractivity contribution in [2.45, 2.75) is 39.4 Å². The van der Waals surface area contributed by atoms with Gasteiger partial charge in [-0.2, -0.15) is 0 Å². The van der Waals surface area contributed by atoms with Crippen LogP contribution in [0.5, 0.6) is 5.75 Å². The Bertz CT molecular complexity index is 813. The van der Waals surface area contributed by atoms with Crippen LogP contribution in [-0.2, 0) is 16.2 Å². The zero-order valence-corrected chi connectivity index (χ0v) is 17.1. The van der Waals surface area contributed by atoms with E-state index in [0.717, 1.165) is 37.2 Å². The molecule has 2 N–H and O–H groups in total. The zero-order chi connectivity index (χ0) is 20.6. The molecule has 29 heavy (non-hydrogen) atoms. The van der Waals surface area contributed by atoms with Crippen molar-refractivity contribution in [3.8, 4) is 5.75 Å². The van der Waals surface area contributed by atoms with Crippen LogP contribution in [0.25, 0.3) is 0 Å². The van der Waals surface area contributed by atoms with E-state index < -0.39 is 6.10 Å². The Labute approximate surface area is 172 Å². The van der Waals surface area contributed by atoms with Gasteiger partial charge in [0, 0.05) is 18.7 Å². The Balaban J connectivity index is 1.50. The van der Waals surface area contributed by atoms with Crippen LogP contribution in [0, 0.1) is 5.92 Å². The molecule has 1 fully saturated rings. The first-order valence-electron chi connectivity index (χ1n) is 10.1. The molecule has 3 rings (SSSR count). The van der Waals surface area contributed by atoms with Crippen molar-refractivity contribution in [1.29, 1.82) is 0 Å². The number of likely N-dealkylation sites (tertiary alicyclic amines) is 1. The number of amidine groups is 1. The maximum Gasteiger partial charge on any atom is 0.266 e. The van der Waals surface area contributed by atoms with Crippen molar-refractivity contribution in [3.63, 3.8) is 0 Å². The molecule has 0 bridgehead atoms. The lowest BCUT2D eigenvalue weighted by Crippen LogP contribution is -2.43. The summed E-state index contributed by atoms with van der Waals surface area (Å²) in [6.45, 7) is 5.97. The van der Waals surface area contributed by atoms with E-state index in [0.29, 0.717) is 18.1 Å². The third-order valence-electron chi connectivity index (χ3n) is 5.15. The number of benzene rings is 2. The van der Waals surface area contributed by atoms with Crippen molar-refractivity contribution in [3.05, 3.63) is 65.7 Å². The second-order valence-electron chi connectivity index (χ2n) is 7.53. The Hall–Kier alpha value is -3.02. The maximum absolute atomic E-state index is 12.5. The van der Waals surface area contributed by atoms with E-state index in [2.05, 4.69) is 12.1 Å². The highest BCUT2D eigenvalue weighted by Crippen LogP contribution is 2.18. The summed E-state index contributed by atoms with van der Waals surface area (Å²) in [5.74, 6) is 1.60. The normalized spacial score (nSPS) is 16.3. The molecule has 1 atom stereocenters. The first kappa shape index (κ1) is 20.7. The molecule has 0 spiro atoms. The fourth-order valence-electron chi connectivity index (χ4n) is 3.18. The van der Waals surface area contributed by atoms with Crippen LogP contribution in [0.4, 0.5) is 0 Å². The summed E-state index contributed by atoms with van der Waals surface area (Å²) in [6, 6.07) is 17.3. The first-order valence-corrected chi connectivity index (χ1v) is 10.1. The molecule has 1 saturated heterocycles. The van der Waals surface area contributed by atoms with Crippen LogP contribution in [0.3, 0.4) is 0 Å². The van der Waals surface area contributed by atoms with Crippen molar-refractivity contribution in [1.82, 2.24) is 4.90 Å². The van der Waals surface area contributed by atoms with Crippen molar-refractivity contribution >= 4 is 11.7 Å². The Kier molecular flexibility index (Phi) is 7.11. The lowest BCUT2D eigenvalue weighted by Gasteiger charge is -2.31. The molecule has 0 radical (unpaired) electrons. The number of amides is 1. The minimum absolute atomic E-state index is 0.0434. The fraction of sp³-hybridized carbons (Fsp3) is 0.391. The fourth-order valence-corrected chi connectivity index (χ4v) is 3.18. The molecule has 1 amide bonds. The molecule has 2 aromatic rings. The van der Waals surface area contributed by atoms with E-state index in [9.17, 15) is 4.79 Å². The monoisotopic (exact) mass is 395 g/mol. The van der Waals surface area contributed by atoms with Gasteiger partial charge in [0.05, 0.1) is 0 Å². The molecule has 2 aromatic carbocycles. The molecule has 1 aliphatic rings. The van der Waals surface area contributed by atoms with E-state index in [-0.39, 0.29) is 11.7 Å². The van der Waals surface area contributed by atoms with Gasteiger partial charge in [-0.15, -0.1) is 0 Å². The van der Waals surface area contributed by atoms with E-state index in [4.69, 9.17) is 15.3 Å². The van der Waals surface area contributed by atoms with E-state index in [1.807, 2.05) is 59.5 Å². The van der Waals surface area contributed by atoms with Crippen molar-refractivity contribution in [2.75, 3.05) is 13.1 Å². The number of ether oxygens (including phenoxy) is 1. The summed E-state index contributed by atoms with van der Waals surface area (Å²) in [5.41, 5.74) is 7.83. The second-order valence-corrected chi connectivity index (χ2v) is 7.53. The number of rotatable bonds is 7. The predicted molar refractivity (Wildman–Crippen MR) is 113 cm³/mol. The van der Waals surface area contributed by atoms with Crippen LogP contribution in [-0.4, -0.2) is 35.8 Å². The lowest BCUT2D eigenvalue weighted by molar-refractivity contribution is -0.143. The minimum Gasteiger partial charge on any atom is -0.489 e. The smallest absolute Gasteiger partial charge is 0.266 e. The van der Waals surface area contributed by atoms with Crippen LogP contribution < -0.4 is 10.5 Å². The zero-order valence-electron chi connectivity index (χ0n) is 17.1. The maximum atomic E-state index is 12.5. The van der Waals surface area contributed by atoms with Gasteiger partial charge in [0.25, 0.3) is 5.91 Å². The van der Waals surface area contributed by atoms with Gasteiger partial charge >= 0.3 is 0 Å². The molecule has 1 heterocycles. The summed E-state index contributed by atoms with van der Waals surface area (Å²) >= 11 is 0. The number of carbonyl (C=O) groups excluding carboxylic acids is 1. The summed E-state index contributed by atoms with van der Waals surface area (Å²) in [4.78, 5) is 19.7. The molecule has 6 nitrogen and oxygen atoms in total. The number of piperidine rings is 1. The van der Waals surface area contributed by atoms with Gasteiger partial charge in [-0.3, -0.25) is 4.79 Å². The van der Waals surface area contributed by atoms with Gasteiger partial charge in [0.2, 0.25) is 6.10 Å². The first-order chi connectivity index (χ1) is 14.0. The molecule has 0 saturated carbocycles. The Morgan fingerprint density at radius 1 is 1.14 bits per heavy atom. The van der Waals surface area contributed by atoms with Gasteiger partial charge < -0.3 is 20.2 Å². The third kappa shape index (κ3) is 5.98. The SMILES string of the molecule is CC1CCN(C(=O)C(C)O/N=C(/N)c2ccc(OCc3ccccc3)cc2)CC1. The predicted octanol–water partition coefficient (Wildman–Crippen LogP) is 3.55. The third-order valence-corrected chi connectivity index (χ3v) is 5.15. The van der Waals surface area contributed by atoms with Gasteiger partial charge in [-0.25, -0.2) is 0 Å².